The first-order valence-electron chi connectivity index (χ1n) is 9.00. The molecular formula is C20H25N3O2. The first-order chi connectivity index (χ1) is 12.3. The second kappa shape index (κ2) is 9.06. The maximum Gasteiger partial charge on any atom is 0.228 e. The first-order valence-corrected chi connectivity index (χ1v) is 9.00. The quantitative estimate of drug-likeness (QED) is 0.868. The van der Waals surface area contributed by atoms with Crippen LogP contribution in [-0.2, 0) is 4.79 Å². The third-order valence-corrected chi connectivity index (χ3v) is 4.33. The summed E-state index contributed by atoms with van der Waals surface area (Å²) in [5.41, 5.74) is 1.13. The molecule has 1 aromatic carbocycles. The van der Waals surface area contributed by atoms with Crippen LogP contribution >= 0.6 is 0 Å². The molecule has 1 aliphatic heterocycles. The van der Waals surface area contributed by atoms with Gasteiger partial charge in [-0.25, -0.2) is 4.98 Å². The molecule has 2 aromatic rings. The van der Waals surface area contributed by atoms with Crippen LogP contribution in [0.5, 0.6) is 5.75 Å². The Balaban J connectivity index is 1.45. The highest BCUT2D eigenvalue weighted by atomic mass is 16.5. The first kappa shape index (κ1) is 17.3. The van der Waals surface area contributed by atoms with Gasteiger partial charge < -0.3 is 15.0 Å². The predicted octanol–water partition coefficient (Wildman–Crippen LogP) is 3.87. The van der Waals surface area contributed by atoms with E-state index in [0.29, 0.717) is 18.8 Å². The Morgan fingerprint density at radius 3 is 2.48 bits per heavy atom. The summed E-state index contributed by atoms with van der Waals surface area (Å²) in [5.74, 6) is 1.27. The van der Waals surface area contributed by atoms with E-state index in [9.17, 15) is 4.79 Å². The highest BCUT2D eigenvalue weighted by molar-refractivity contribution is 5.89. The number of amides is 1. The molecule has 0 unspecified atom stereocenters. The highest BCUT2D eigenvalue weighted by Gasteiger charge is 2.10. The lowest BCUT2D eigenvalue weighted by molar-refractivity contribution is -0.116. The van der Waals surface area contributed by atoms with Gasteiger partial charge in [0, 0.05) is 13.1 Å². The summed E-state index contributed by atoms with van der Waals surface area (Å²) in [4.78, 5) is 18.7. The molecule has 0 radical (unpaired) electrons. The zero-order valence-electron chi connectivity index (χ0n) is 14.5. The second-order valence-corrected chi connectivity index (χ2v) is 6.26. The van der Waals surface area contributed by atoms with Crippen molar-refractivity contribution in [3.05, 3.63) is 48.7 Å². The standard InChI is InChI=1S/C20H25N3O2/c24-20(12-15-25-18-8-4-3-5-9-18)22-19-11-10-17(16-21-19)23-13-6-1-2-7-14-23/h3-5,8-11,16H,1-2,6-7,12-15H2,(H,21,22,24). The molecule has 25 heavy (non-hydrogen) atoms. The van der Waals surface area contributed by atoms with E-state index in [1.165, 1.54) is 25.7 Å². The topological polar surface area (TPSA) is 54.5 Å². The number of carbonyl (C=O) groups is 1. The van der Waals surface area contributed by atoms with Crippen LogP contribution in [0.4, 0.5) is 11.5 Å². The van der Waals surface area contributed by atoms with Crippen LogP contribution < -0.4 is 15.0 Å². The van der Waals surface area contributed by atoms with Gasteiger partial charge in [-0.1, -0.05) is 31.0 Å². The highest BCUT2D eigenvalue weighted by Crippen LogP contribution is 2.19. The van der Waals surface area contributed by atoms with Crippen LogP contribution in [0.3, 0.4) is 0 Å². The average Bonchev–Trinajstić information content (AvgIpc) is 2.93. The molecule has 3 rings (SSSR count). The Morgan fingerprint density at radius 2 is 1.80 bits per heavy atom. The van der Waals surface area contributed by atoms with Gasteiger partial charge in [-0.05, 0) is 37.1 Å². The van der Waals surface area contributed by atoms with Crippen LogP contribution in [0.25, 0.3) is 0 Å². The van der Waals surface area contributed by atoms with E-state index >= 15 is 0 Å². The van der Waals surface area contributed by atoms with Crippen molar-refractivity contribution in [3.63, 3.8) is 0 Å². The Kier molecular flexibility index (Phi) is 6.26. The molecule has 1 aliphatic rings. The number of para-hydroxylation sites is 1. The molecule has 1 N–H and O–H groups in total. The van der Waals surface area contributed by atoms with Gasteiger partial charge in [-0.3, -0.25) is 4.79 Å². The molecule has 0 atom stereocenters. The van der Waals surface area contributed by atoms with Crippen LogP contribution in [-0.4, -0.2) is 30.6 Å². The smallest absolute Gasteiger partial charge is 0.228 e. The monoisotopic (exact) mass is 339 g/mol. The number of anilines is 2. The summed E-state index contributed by atoms with van der Waals surface area (Å²) in [6.45, 7) is 2.52. The van der Waals surface area contributed by atoms with Gasteiger partial charge in [-0.15, -0.1) is 0 Å². The lowest BCUT2D eigenvalue weighted by atomic mass is 10.2. The maximum atomic E-state index is 12.0. The van der Waals surface area contributed by atoms with Gasteiger partial charge in [0.25, 0.3) is 0 Å². The molecule has 1 saturated heterocycles. The molecule has 5 heteroatoms. The van der Waals surface area contributed by atoms with Crippen molar-refractivity contribution in [1.82, 2.24) is 4.98 Å². The van der Waals surface area contributed by atoms with E-state index in [1.807, 2.05) is 48.7 Å². The maximum absolute atomic E-state index is 12.0. The number of carbonyl (C=O) groups excluding carboxylic acids is 1. The number of hydrogen-bond acceptors (Lipinski definition) is 4. The van der Waals surface area contributed by atoms with Gasteiger partial charge in [-0.2, -0.15) is 0 Å². The minimum atomic E-state index is -0.0917. The minimum Gasteiger partial charge on any atom is -0.493 e. The predicted molar refractivity (Wildman–Crippen MR) is 100 cm³/mol. The van der Waals surface area contributed by atoms with E-state index in [2.05, 4.69) is 15.2 Å². The number of benzene rings is 1. The van der Waals surface area contributed by atoms with Crippen molar-refractivity contribution in [2.45, 2.75) is 32.1 Å². The average molecular weight is 339 g/mol. The van der Waals surface area contributed by atoms with Gasteiger partial charge in [0.15, 0.2) is 0 Å². The SMILES string of the molecule is O=C(CCOc1ccccc1)Nc1ccc(N2CCCCCC2)cn1. The molecule has 1 fully saturated rings. The van der Waals surface area contributed by atoms with Gasteiger partial charge in [0.05, 0.1) is 24.9 Å². The lowest BCUT2D eigenvalue weighted by Gasteiger charge is -2.22. The molecule has 0 bridgehead atoms. The zero-order chi connectivity index (χ0) is 17.3. The zero-order valence-corrected chi connectivity index (χ0v) is 14.5. The van der Waals surface area contributed by atoms with Crippen molar-refractivity contribution in [1.29, 1.82) is 0 Å². The molecule has 0 aliphatic carbocycles. The fourth-order valence-corrected chi connectivity index (χ4v) is 2.96. The fraction of sp³-hybridized carbons (Fsp3) is 0.400. The van der Waals surface area contributed by atoms with E-state index < -0.39 is 0 Å². The van der Waals surface area contributed by atoms with Crippen LogP contribution in [0, 0.1) is 0 Å². The van der Waals surface area contributed by atoms with Crippen molar-refractivity contribution in [2.75, 3.05) is 29.9 Å². The summed E-state index contributed by atoms with van der Waals surface area (Å²) in [6, 6.07) is 13.4. The fourth-order valence-electron chi connectivity index (χ4n) is 2.96. The van der Waals surface area contributed by atoms with Crippen molar-refractivity contribution >= 4 is 17.4 Å². The van der Waals surface area contributed by atoms with Crippen molar-refractivity contribution in [2.24, 2.45) is 0 Å². The Morgan fingerprint density at radius 1 is 1.04 bits per heavy atom. The van der Waals surface area contributed by atoms with Crippen molar-refractivity contribution < 1.29 is 9.53 Å². The summed E-state index contributed by atoms with van der Waals surface area (Å²) in [7, 11) is 0. The molecule has 1 aromatic heterocycles. The molecule has 1 amide bonds. The van der Waals surface area contributed by atoms with Crippen LogP contribution in [0.15, 0.2) is 48.7 Å². The molecule has 0 spiro atoms. The van der Waals surface area contributed by atoms with E-state index in [4.69, 9.17) is 4.74 Å². The van der Waals surface area contributed by atoms with Gasteiger partial charge >= 0.3 is 0 Å². The van der Waals surface area contributed by atoms with Gasteiger partial charge in [0.1, 0.15) is 11.6 Å². The number of nitrogens with one attached hydrogen (secondary N) is 1. The van der Waals surface area contributed by atoms with E-state index in [-0.39, 0.29) is 5.91 Å². The minimum absolute atomic E-state index is 0.0917. The molecular weight excluding hydrogens is 314 g/mol. The Labute approximate surface area is 149 Å². The summed E-state index contributed by atoms with van der Waals surface area (Å²) < 4.78 is 5.54. The molecule has 5 nitrogen and oxygen atoms in total. The third-order valence-electron chi connectivity index (χ3n) is 4.33. The number of ether oxygens (including phenoxy) is 1. The summed E-state index contributed by atoms with van der Waals surface area (Å²) >= 11 is 0. The molecule has 0 saturated carbocycles. The van der Waals surface area contributed by atoms with E-state index in [1.54, 1.807) is 0 Å². The van der Waals surface area contributed by atoms with Crippen molar-refractivity contribution in [3.8, 4) is 5.75 Å². The van der Waals surface area contributed by atoms with Gasteiger partial charge in [0.2, 0.25) is 5.91 Å². The largest absolute Gasteiger partial charge is 0.493 e. The van der Waals surface area contributed by atoms with Crippen LogP contribution in [0.2, 0.25) is 0 Å². The third kappa shape index (κ3) is 5.48. The number of hydrogen-bond donors (Lipinski definition) is 1. The second-order valence-electron chi connectivity index (χ2n) is 6.26. The lowest BCUT2D eigenvalue weighted by Crippen LogP contribution is -2.24. The number of nitrogens with zero attached hydrogens (tertiary/aromatic N) is 2. The number of aromatic nitrogens is 1. The summed E-state index contributed by atoms with van der Waals surface area (Å²) in [6.07, 6.45) is 7.23. The number of pyridine rings is 1. The summed E-state index contributed by atoms with van der Waals surface area (Å²) in [5, 5.41) is 2.82. The normalized spacial score (nSPS) is 14.6. The Hall–Kier alpha value is -2.56. The number of rotatable bonds is 6. The molecule has 2 heterocycles. The molecule has 132 valence electrons. The van der Waals surface area contributed by atoms with Crippen LogP contribution in [0.1, 0.15) is 32.1 Å². The van der Waals surface area contributed by atoms with E-state index in [0.717, 1.165) is 24.5 Å². The Bertz CT molecular complexity index is 650.